The molecule has 0 N–H and O–H groups in total. The molecular weight excluding hydrogens is 221 g/mol. The fourth-order valence-electron chi connectivity index (χ4n) is 1.82. The molecule has 0 bridgehead atoms. The highest BCUT2D eigenvalue weighted by atomic mass is 19.1. The Hall–Kier alpha value is -2.23. The number of carbonyl (C=O) groups is 1. The Bertz CT molecular complexity index is 610. The van der Waals surface area contributed by atoms with Crippen LogP contribution in [0.3, 0.4) is 0 Å². The number of hydrogen-bond donors (Lipinski definition) is 0. The zero-order valence-electron chi connectivity index (χ0n) is 8.81. The first-order valence-corrected chi connectivity index (χ1v) is 5.16. The molecule has 0 spiro atoms. The predicted molar refractivity (Wildman–Crippen MR) is 58.8 cm³/mol. The third kappa shape index (κ3) is 1.67. The number of aromatic nitrogens is 1. The smallest absolute Gasteiger partial charge is 0.340 e. The lowest BCUT2D eigenvalue weighted by atomic mass is 10.0. The highest BCUT2D eigenvalue weighted by molar-refractivity contribution is 5.94. The van der Waals surface area contributed by atoms with E-state index in [0.717, 1.165) is 0 Å². The minimum absolute atomic E-state index is 0.220. The fraction of sp³-hybridized carbons (Fsp3) is 0.0769. The minimum Gasteiger partial charge on any atom is -0.456 e. The molecule has 0 amide bonds. The molecule has 2 heterocycles. The number of benzene rings is 1. The van der Waals surface area contributed by atoms with E-state index in [9.17, 15) is 9.18 Å². The number of esters is 1. The maximum atomic E-state index is 13.1. The number of rotatable bonds is 1. The van der Waals surface area contributed by atoms with E-state index in [1.807, 2.05) is 0 Å². The summed E-state index contributed by atoms with van der Waals surface area (Å²) in [6.07, 6.45) is 1.62. The van der Waals surface area contributed by atoms with Crippen molar-refractivity contribution in [3.63, 3.8) is 0 Å². The van der Waals surface area contributed by atoms with Crippen LogP contribution in [0.2, 0.25) is 0 Å². The molecular formula is C13H8FNO2. The van der Waals surface area contributed by atoms with Crippen LogP contribution < -0.4 is 0 Å². The molecule has 1 aliphatic heterocycles. The van der Waals surface area contributed by atoms with Crippen molar-refractivity contribution < 1.29 is 13.9 Å². The molecule has 17 heavy (non-hydrogen) atoms. The molecule has 0 fully saturated rings. The number of ether oxygens (including phenoxy) is 1. The molecule has 1 aliphatic rings. The van der Waals surface area contributed by atoms with E-state index in [4.69, 9.17) is 4.74 Å². The molecule has 0 unspecified atom stereocenters. The van der Waals surface area contributed by atoms with Crippen LogP contribution in [-0.2, 0) is 11.3 Å². The first-order valence-electron chi connectivity index (χ1n) is 5.16. The Labute approximate surface area is 96.9 Å². The van der Waals surface area contributed by atoms with Gasteiger partial charge in [0.2, 0.25) is 0 Å². The Morgan fingerprint density at radius 1 is 1.24 bits per heavy atom. The van der Waals surface area contributed by atoms with E-state index in [-0.39, 0.29) is 18.4 Å². The molecule has 0 atom stereocenters. The van der Waals surface area contributed by atoms with Gasteiger partial charge in [0.1, 0.15) is 12.4 Å². The highest BCUT2D eigenvalue weighted by Gasteiger charge is 2.22. The number of carbonyl (C=O) groups excluding carboxylic acids is 1. The quantitative estimate of drug-likeness (QED) is 0.705. The molecule has 0 aliphatic carbocycles. The Kier molecular flexibility index (Phi) is 2.14. The first-order chi connectivity index (χ1) is 8.24. The largest absolute Gasteiger partial charge is 0.456 e. The van der Waals surface area contributed by atoms with Crippen LogP contribution in [0, 0.1) is 5.82 Å². The van der Waals surface area contributed by atoms with Crippen LogP contribution in [-0.4, -0.2) is 11.0 Å². The van der Waals surface area contributed by atoms with Crippen LogP contribution in [0.25, 0.3) is 11.1 Å². The van der Waals surface area contributed by atoms with E-state index < -0.39 is 0 Å². The molecule has 0 radical (unpaired) electrons. The Morgan fingerprint density at radius 2 is 2.12 bits per heavy atom. The molecule has 84 valence electrons. The van der Waals surface area contributed by atoms with Gasteiger partial charge < -0.3 is 4.74 Å². The van der Waals surface area contributed by atoms with Crippen molar-refractivity contribution in [2.45, 2.75) is 6.61 Å². The molecule has 0 saturated carbocycles. The predicted octanol–water partition coefficient (Wildman–Crippen LogP) is 2.56. The number of nitrogens with zero attached hydrogens (tertiary/aromatic N) is 1. The average molecular weight is 229 g/mol. The molecule has 2 aromatic rings. The summed E-state index contributed by atoms with van der Waals surface area (Å²) in [5.41, 5.74) is 2.50. The summed E-state index contributed by atoms with van der Waals surface area (Å²) in [4.78, 5) is 15.5. The number of fused-ring (bicyclic) bond motifs is 1. The van der Waals surface area contributed by atoms with Gasteiger partial charge >= 0.3 is 5.97 Å². The van der Waals surface area contributed by atoms with Crippen molar-refractivity contribution in [2.24, 2.45) is 0 Å². The van der Waals surface area contributed by atoms with E-state index in [1.165, 1.54) is 12.1 Å². The molecule has 3 rings (SSSR count). The SMILES string of the molecule is O=C1OCc2ncc(-c3cccc(F)c3)cc21. The zero-order chi connectivity index (χ0) is 11.8. The third-order valence-electron chi connectivity index (χ3n) is 2.69. The monoisotopic (exact) mass is 229 g/mol. The standard InChI is InChI=1S/C13H8FNO2/c14-10-3-1-2-8(4-10)9-5-11-12(15-6-9)7-17-13(11)16/h1-6H,7H2. The van der Waals surface area contributed by atoms with Gasteiger partial charge in [-0.15, -0.1) is 0 Å². The van der Waals surface area contributed by atoms with Crippen LogP contribution >= 0.6 is 0 Å². The van der Waals surface area contributed by atoms with Crippen molar-refractivity contribution in [3.8, 4) is 11.1 Å². The lowest BCUT2D eigenvalue weighted by Crippen LogP contribution is -1.95. The Balaban J connectivity index is 2.11. The van der Waals surface area contributed by atoms with Crippen molar-refractivity contribution in [2.75, 3.05) is 0 Å². The second-order valence-electron chi connectivity index (χ2n) is 3.80. The van der Waals surface area contributed by atoms with Gasteiger partial charge in [0.05, 0.1) is 11.3 Å². The normalized spacial score (nSPS) is 13.4. The van der Waals surface area contributed by atoms with Gasteiger partial charge in [-0.25, -0.2) is 9.18 Å². The number of cyclic esters (lactones) is 1. The summed E-state index contributed by atoms with van der Waals surface area (Å²) in [6.45, 7) is 0.220. The maximum Gasteiger partial charge on any atom is 0.340 e. The van der Waals surface area contributed by atoms with Crippen molar-refractivity contribution in [3.05, 3.63) is 53.6 Å². The van der Waals surface area contributed by atoms with Crippen LogP contribution in [0.4, 0.5) is 4.39 Å². The maximum absolute atomic E-state index is 13.1. The van der Waals surface area contributed by atoms with Crippen LogP contribution in [0.1, 0.15) is 16.1 Å². The number of halogens is 1. The van der Waals surface area contributed by atoms with Gasteiger partial charge in [0, 0.05) is 11.8 Å². The molecule has 1 aromatic heterocycles. The summed E-state index contributed by atoms with van der Waals surface area (Å²) in [5.74, 6) is -0.684. The minimum atomic E-state index is -0.370. The van der Waals surface area contributed by atoms with E-state index in [1.54, 1.807) is 24.4 Å². The van der Waals surface area contributed by atoms with Crippen LogP contribution in [0.5, 0.6) is 0 Å². The van der Waals surface area contributed by atoms with E-state index in [0.29, 0.717) is 22.4 Å². The van der Waals surface area contributed by atoms with Crippen LogP contribution in [0.15, 0.2) is 36.5 Å². The summed E-state index contributed by atoms with van der Waals surface area (Å²) in [5, 5.41) is 0. The third-order valence-corrected chi connectivity index (χ3v) is 2.69. The van der Waals surface area contributed by atoms with E-state index in [2.05, 4.69) is 4.98 Å². The first kappa shape index (κ1) is 9.96. The summed E-state index contributed by atoms with van der Waals surface area (Å²) in [7, 11) is 0. The topological polar surface area (TPSA) is 39.2 Å². The summed E-state index contributed by atoms with van der Waals surface area (Å²) >= 11 is 0. The second-order valence-corrected chi connectivity index (χ2v) is 3.80. The molecule has 1 aromatic carbocycles. The van der Waals surface area contributed by atoms with Gasteiger partial charge in [-0.1, -0.05) is 12.1 Å². The van der Waals surface area contributed by atoms with Gasteiger partial charge in [-0.05, 0) is 23.8 Å². The second kappa shape index (κ2) is 3.66. The highest BCUT2D eigenvalue weighted by Crippen LogP contribution is 2.25. The van der Waals surface area contributed by atoms with Crippen molar-refractivity contribution >= 4 is 5.97 Å². The molecule has 4 heteroatoms. The molecule has 3 nitrogen and oxygen atoms in total. The lowest BCUT2D eigenvalue weighted by Gasteiger charge is -2.02. The lowest BCUT2D eigenvalue weighted by molar-refractivity contribution is 0.0533. The number of pyridine rings is 1. The summed E-state index contributed by atoms with van der Waals surface area (Å²) in [6, 6.07) is 7.86. The van der Waals surface area contributed by atoms with Gasteiger partial charge in [0.25, 0.3) is 0 Å². The summed E-state index contributed by atoms with van der Waals surface area (Å²) < 4.78 is 18.0. The van der Waals surface area contributed by atoms with Crippen molar-refractivity contribution in [1.82, 2.24) is 4.98 Å². The van der Waals surface area contributed by atoms with E-state index >= 15 is 0 Å². The zero-order valence-corrected chi connectivity index (χ0v) is 8.81. The van der Waals surface area contributed by atoms with Gasteiger partial charge in [-0.2, -0.15) is 0 Å². The van der Waals surface area contributed by atoms with Crippen molar-refractivity contribution in [1.29, 1.82) is 0 Å². The number of hydrogen-bond acceptors (Lipinski definition) is 3. The van der Waals surface area contributed by atoms with Gasteiger partial charge in [-0.3, -0.25) is 4.98 Å². The molecule has 0 saturated heterocycles. The Morgan fingerprint density at radius 3 is 2.94 bits per heavy atom. The fourth-order valence-corrected chi connectivity index (χ4v) is 1.82. The van der Waals surface area contributed by atoms with Gasteiger partial charge in [0.15, 0.2) is 0 Å². The average Bonchev–Trinajstić information content (AvgIpc) is 2.71.